The first-order valence-electron chi connectivity index (χ1n) is 10.7. The van der Waals surface area contributed by atoms with E-state index in [0.717, 1.165) is 0 Å². The van der Waals surface area contributed by atoms with Crippen molar-refractivity contribution < 1.29 is 26.3 Å². The Kier molecular flexibility index (Phi) is 9.50. The van der Waals surface area contributed by atoms with Gasteiger partial charge in [0.1, 0.15) is 24.7 Å². The first-order chi connectivity index (χ1) is 15.2. The number of rotatable bonds is 13. The Labute approximate surface area is 191 Å². The van der Waals surface area contributed by atoms with E-state index in [2.05, 4.69) is 0 Å². The van der Waals surface area contributed by atoms with Crippen LogP contribution in [0.25, 0.3) is 0 Å². The summed E-state index contributed by atoms with van der Waals surface area (Å²) in [5, 5.41) is 0. The summed E-state index contributed by atoms with van der Waals surface area (Å²) in [6, 6.07) is 12.6. The van der Waals surface area contributed by atoms with Gasteiger partial charge in [0.05, 0.1) is 9.79 Å². The molecule has 10 heteroatoms. The van der Waals surface area contributed by atoms with Crippen LogP contribution in [-0.4, -0.2) is 64.8 Å². The second-order valence-electron chi connectivity index (χ2n) is 6.82. The zero-order valence-corrected chi connectivity index (χ0v) is 20.7. The van der Waals surface area contributed by atoms with Gasteiger partial charge in [-0.15, -0.1) is 0 Å². The Morgan fingerprint density at radius 2 is 0.844 bits per heavy atom. The van der Waals surface area contributed by atoms with Crippen molar-refractivity contribution in [2.24, 2.45) is 0 Å². The Balaban J connectivity index is 1.89. The molecule has 0 unspecified atom stereocenters. The molecule has 0 atom stereocenters. The average Bonchev–Trinajstić information content (AvgIpc) is 2.78. The predicted molar refractivity (Wildman–Crippen MR) is 124 cm³/mol. The highest BCUT2D eigenvalue weighted by Gasteiger charge is 2.22. The maximum atomic E-state index is 12.5. The van der Waals surface area contributed by atoms with Crippen molar-refractivity contribution >= 4 is 20.0 Å². The summed E-state index contributed by atoms with van der Waals surface area (Å²) in [4.78, 5) is 0.453. The summed E-state index contributed by atoms with van der Waals surface area (Å²) >= 11 is 0. The SMILES string of the molecule is CCN(CC)S(=O)(=O)c1ccc(OCCOc2ccc(S(=O)(=O)N(CC)CC)cc2)cc1. The van der Waals surface area contributed by atoms with E-state index < -0.39 is 20.0 Å². The molecule has 178 valence electrons. The zero-order valence-electron chi connectivity index (χ0n) is 19.0. The molecule has 0 amide bonds. The fraction of sp³-hybridized carbons (Fsp3) is 0.455. The van der Waals surface area contributed by atoms with E-state index in [1.54, 1.807) is 52.0 Å². The van der Waals surface area contributed by atoms with Crippen LogP contribution in [0, 0.1) is 0 Å². The van der Waals surface area contributed by atoms with E-state index in [1.807, 2.05) is 0 Å². The molecule has 2 rings (SSSR count). The number of sulfonamides is 2. The molecule has 0 fully saturated rings. The molecule has 0 aliphatic rings. The fourth-order valence-electron chi connectivity index (χ4n) is 3.16. The lowest BCUT2D eigenvalue weighted by atomic mass is 10.3. The topological polar surface area (TPSA) is 93.2 Å². The van der Waals surface area contributed by atoms with Gasteiger partial charge in [-0.05, 0) is 48.5 Å². The first-order valence-corrected chi connectivity index (χ1v) is 13.5. The fourth-order valence-corrected chi connectivity index (χ4v) is 6.08. The number of nitrogens with zero attached hydrogens (tertiary/aromatic N) is 2. The molecule has 0 heterocycles. The molecular weight excluding hydrogens is 452 g/mol. The molecule has 8 nitrogen and oxygen atoms in total. The van der Waals surface area contributed by atoms with Crippen molar-refractivity contribution in [1.82, 2.24) is 8.61 Å². The van der Waals surface area contributed by atoms with Crippen molar-refractivity contribution in [2.45, 2.75) is 37.5 Å². The molecule has 0 saturated carbocycles. The van der Waals surface area contributed by atoms with Gasteiger partial charge < -0.3 is 9.47 Å². The summed E-state index contributed by atoms with van der Waals surface area (Å²) in [6.45, 7) is 9.36. The molecule has 32 heavy (non-hydrogen) atoms. The molecule has 0 aliphatic carbocycles. The summed E-state index contributed by atoms with van der Waals surface area (Å²) in [5.74, 6) is 1.07. The molecule has 0 bridgehead atoms. The minimum Gasteiger partial charge on any atom is -0.490 e. The van der Waals surface area contributed by atoms with E-state index in [9.17, 15) is 16.8 Å². The number of hydrogen-bond donors (Lipinski definition) is 0. The van der Waals surface area contributed by atoms with Crippen LogP contribution >= 0.6 is 0 Å². The lowest BCUT2D eigenvalue weighted by Crippen LogP contribution is -2.30. The second kappa shape index (κ2) is 11.6. The molecule has 0 aliphatic heterocycles. The lowest BCUT2D eigenvalue weighted by molar-refractivity contribution is 0.217. The van der Waals surface area contributed by atoms with Gasteiger partial charge in [-0.25, -0.2) is 16.8 Å². The smallest absolute Gasteiger partial charge is 0.243 e. The molecule has 0 saturated heterocycles. The quantitative estimate of drug-likeness (QED) is 0.405. The van der Waals surface area contributed by atoms with Gasteiger partial charge in [-0.1, -0.05) is 27.7 Å². The van der Waals surface area contributed by atoms with Gasteiger partial charge in [0.25, 0.3) is 0 Å². The van der Waals surface area contributed by atoms with Crippen LogP contribution in [0.15, 0.2) is 58.3 Å². The summed E-state index contributed by atoms with van der Waals surface area (Å²) in [6.07, 6.45) is 0. The molecule has 0 spiro atoms. The minimum absolute atomic E-state index is 0.226. The van der Waals surface area contributed by atoms with Crippen LogP contribution in [0.1, 0.15) is 27.7 Å². The monoisotopic (exact) mass is 484 g/mol. The first kappa shape index (κ1) is 26.1. The van der Waals surface area contributed by atoms with Crippen LogP contribution in [0.2, 0.25) is 0 Å². The number of hydrogen-bond acceptors (Lipinski definition) is 6. The molecule has 0 aromatic heterocycles. The van der Waals surface area contributed by atoms with E-state index >= 15 is 0 Å². The molecule has 0 N–H and O–H groups in total. The largest absolute Gasteiger partial charge is 0.490 e. The Morgan fingerprint density at radius 3 is 1.09 bits per heavy atom. The highest BCUT2D eigenvalue weighted by molar-refractivity contribution is 7.89. The van der Waals surface area contributed by atoms with Gasteiger partial charge in [-0.2, -0.15) is 8.61 Å². The Morgan fingerprint density at radius 1 is 0.562 bits per heavy atom. The maximum absolute atomic E-state index is 12.5. The Bertz CT molecular complexity index is 957. The van der Waals surface area contributed by atoms with Crippen LogP contribution < -0.4 is 9.47 Å². The summed E-state index contributed by atoms with van der Waals surface area (Å²) in [7, 11) is -6.99. The third kappa shape index (κ3) is 6.22. The van der Waals surface area contributed by atoms with Crippen molar-refractivity contribution in [1.29, 1.82) is 0 Å². The standard InChI is InChI=1S/C22H32N2O6S2/c1-5-23(6-2)31(25,26)21-13-9-19(10-14-21)29-17-18-30-20-11-15-22(16-12-20)32(27,28)24(7-3)8-4/h9-16H,5-8,17-18H2,1-4H3. The van der Waals surface area contributed by atoms with Gasteiger partial charge in [0, 0.05) is 26.2 Å². The predicted octanol–water partition coefficient (Wildman–Crippen LogP) is 3.21. The second-order valence-corrected chi connectivity index (χ2v) is 10.7. The Hall–Kier alpha value is -2.14. The minimum atomic E-state index is -3.50. The maximum Gasteiger partial charge on any atom is 0.243 e. The summed E-state index contributed by atoms with van der Waals surface area (Å²) in [5.41, 5.74) is 0. The van der Waals surface area contributed by atoms with Crippen molar-refractivity contribution in [3.8, 4) is 11.5 Å². The number of benzene rings is 2. The van der Waals surface area contributed by atoms with E-state index in [4.69, 9.17) is 9.47 Å². The van der Waals surface area contributed by atoms with Gasteiger partial charge in [0.15, 0.2) is 0 Å². The number of ether oxygens (including phenoxy) is 2. The van der Waals surface area contributed by atoms with E-state index in [0.29, 0.717) is 37.7 Å². The molecular formula is C22H32N2O6S2. The zero-order chi connectivity index (χ0) is 23.8. The van der Waals surface area contributed by atoms with Crippen LogP contribution in [0.4, 0.5) is 0 Å². The van der Waals surface area contributed by atoms with Gasteiger partial charge >= 0.3 is 0 Å². The van der Waals surface area contributed by atoms with Crippen LogP contribution in [0.3, 0.4) is 0 Å². The van der Waals surface area contributed by atoms with Crippen molar-refractivity contribution in [3.05, 3.63) is 48.5 Å². The van der Waals surface area contributed by atoms with E-state index in [-0.39, 0.29) is 23.0 Å². The third-order valence-electron chi connectivity index (χ3n) is 4.95. The van der Waals surface area contributed by atoms with Crippen molar-refractivity contribution in [3.63, 3.8) is 0 Å². The third-order valence-corrected chi connectivity index (χ3v) is 9.08. The van der Waals surface area contributed by atoms with Crippen LogP contribution in [0.5, 0.6) is 11.5 Å². The lowest BCUT2D eigenvalue weighted by Gasteiger charge is -2.18. The highest BCUT2D eigenvalue weighted by atomic mass is 32.2. The molecule has 2 aromatic rings. The molecule has 0 radical (unpaired) electrons. The normalized spacial score (nSPS) is 12.3. The van der Waals surface area contributed by atoms with E-state index in [1.165, 1.54) is 32.9 Å². The summed E-state index contributed by atoms with van der Waals surface area (Å²) < 4.78 is 64.0. The highest BCUT2D eigenvalue weighted by Crippen LogP contribution is 2.21. The average molecular weight is 485 g/mol. The van der Waals surface area contributed by atoms with Gasteiger partial charge in [0.2, 0.25) is 20.0 Å². The van der Waals surface area contributed by atoms with Gasteiger partial charge in [-0.3, -0.25) is 0 Å². The van der Waals surface area contributed by atoms with Crippen molar-refractivity contribution in [2.75, 3.05) is 39.4 Å². The molecule has 2 aromatic carbocycles. The van der Waals surface area contributed by atoms with Crippen LogP contribution in [-0.2, 0) is 20.0 Å².